The van der Waals surface area contributed by atoms with E-state index in [2.05, 4.69) is 0 Å². The molecule has 0 aliphatic carbocycles. The van der Waals surface area contributed by atoms with E-state index in [1.807, 2.05) is 13.8 Å². The molecule has 0 aromatic carbocycles. The van der Waals surface area contributed by atoms with Crippen molar-refractivity contribution in [2.24, 2.45) is 0 Å². The lowest BCUT2D eigenvalue weighted by molar-refractivity contribution is -0.247. The molecule has 1 N–H and O–H groups in total. The van der Waals surface area contributed by atoms with E-state index in [1.54, 1.807) is 0 Å². The van der Waals surface area contributed by atoms with Gasteiger partial charge in [0.2, 0.25) is 0 Å². The molecule has 1 heterocycles. The van der Waals surface area contributed by atoms with E-state index in [9.17, 15) is 0 Å². The fourth-order valence-corrected chi connectivity index (χ4v) is 0.925. The molecule has 0 amide bonds. The van der Waals surface area contributed by atoms with Crippen molar-refractivity contribution < 1.29 is 14.6 Å². The minimum Gasteiger partial charge on any atom is -0.388 e. The molecular weight excluding hydrogens is 132 g/mol. The van der Waals surface area contributed by atoms with Crippen molar-refractivity contribution in [2.75, 3.05) is 6.61 Å². The van der Waals surface area contributed by atoms with Gasteiger partial charge < -0.3 is 14.6 Å². The van der Waals surface area contributed by atoms with Crippen molar-refractivity contribution in [1.29, 1.82) is 0 Å². The minimum atomic E-state index is -0.456. The Kier molecular flexibility index (Phi) is 2.65. The van der Waals surface area contributed by atoms with Crippen LogP contribution in [0.5, 0.6) is 0 Å². The third-order valence-electron chi connectivity index (χ3n) is 1.69. The molecule has 1 rings (SSSR count). The molecule has 0 radical (unpaired) electrons. The van der Waals surface area contributed by atoms with Crippen LogP contribution in [0.3, 0.4) is 0 Å². The van der Waals surface area contributed by atoms with Crippen LogP contribution in [0.1, 0.15) is 20.3 Å². The highest BCUT2D eigenvalue weighted by atomic mass is 16.7. The average Bonchev–Trinajstić information content (AvgIpc) is 1.95. The fourth-order valence-electron chi connectivity index (χ4n) is 0.925. The van der Waals surface area contributed by atoms with E-state index in [0.29, 0.717) is 6.61 Å². The number of aliphatic hydroxyl groups excluding tert-OH is 1. The zero-order valence-electron chi connectivity index (χ0n) is 6.41. The van der Waals surface area contributed by atoms with Crippen LogP contribution < -0.4 is 0 Å². The first-order chi connectivity index (χ1) is 4.74. The van der Waals surface area contributed by atoms with Gasteiger partial charge in [-0.25, -0.2) is 0 Å². The van der Waals surface area contributed by atoms with Crippen molar-refractivity contribution in [3.8, 4) is 0 Å². The Hall–Kier alpha value is -0.120. The maximum absolute atomic E-state index is 9.14. The number of ether oxygens (including phenoxy) is 2. The van der Waals surface area contributed by atoms with Crippen LogP contribution in [0.4, 0.5) is 0 Å². The summed E-state index contributed by atoms with van der Waals surface area (Å²) in [7, 11) is 0. The van der Waals surface area contributed by atoms with Gasteiger partial charge in [-0.15, -0.1) is 0 Å². The van der Waals surface area contributed by atoms with Crippen molar-refractivity contribution in [3.63, 3.8) is 0 Å². The van der Waals surface area contributed by atoms with E-state index >= 15 is 0 Å². The van der Waals surface area contributed by atoms with Gasteiger partial charge in [-0.1, -0.05) is 6.92 Å². The number of aliphatic hydroxyl groups is 1. The van der Waals surface area contributed by atoms with E-state index in [1.165, 1.54) is 0 Å². The zero-order valence-corrected chi connectivity index (χ0v) is 6.41. The van der Waals surface area contributed by atoms with Gasteiger partial charge in [0.25, 0.3) is 0 Å². The highest BCUT2D eigenvalue weighted by molar-refractivity contribution is 4.68. The molecule has 0 bridgehead atoms. The zero-order chi connectivity index (χ0) is 7.56. The standard InChI is InChI=1S/C7H14O3/c1-3-7-9-4-6(8)5(2)10-7/h5-8H,3-4H2,1-2H3/t5-,6-,7+/m1/s1. The summed E-state index contributed by atoms with van der Waals surface area (Å²) in [4.78, 5) is 0. The molecular formula is C7H14O3. The summed E-state index contributed by atoms with van der Waals surface area (Å²) in [6, 6.07) is 0. The molecule has 60 valence electrons. The Labute approximate surface area is 60.9 Å². The Morgan fingerprint density at radius 2 is 2.30 bits per heavy atom. The van der Waals surface area contributed by atoms with Crippen molar-refractivity contribution in [2.45, 2.75) is 38.8 Å². The first-order valence-electron chi connectivity index (χ1n) is 3.69. The summed E-state index contributed by atoms with van der Waals surface area (Å²) in [5, 5.41) is 9.14. The molecule has 0 aromatic heterocycles. The molecule has 1 saturated heterocycles. The van der Waals surface area contributed by atoms with Gasteiger partial charge in [0.1, 0.15) is 6.10 Å². The second kappa shape index (κ2) is 3.32. The van der Waals surface area contributed by atoms with E-state index in [-0.39, 0.29) is 12.4 Å². The topological polar surface area (TPSA) is 38.7 Å². The van der Waals surface area contributed by atoms with Gasteiger partial charge in [-0.2, -0.15) is 0 Å². The van der Waals surface area contributed by atoms with Crippen LogP contribution in [0.2, 0.25) is 0 Å². The molecule has 3 heteroatoms. The lowest BCUT2D eigenvalue weighted by Crippen LogP contribution is -2.41. The monoisotopic (exact) mass is 146 g/mol. The van der Waals surface area contributed by atoms with Crippen LogP contribution >= 0.6 is 0 Å². The highest BCUT2D eigenvalue weighted by Gasteiger charge is 2.25. The van der Waals surface area contributed by atoms with Crippen LogP contribution in [-0.4, -0.2) is 30.2 Å². The van der Waals surface area contributed by atoms with Crippen molar-refractivity contribution in [3.05, 3.63) is 0 Å². The maximum Gasteiger partial charge on any atom is 0.157 e. The molecule has 0 spiro atoms. The lowest BCUT2D eigenvalue weighted by Gasteiger charge is -2.31. The van der Waals surface area contributed by atoms with Gasteiger partial charge >= 0.3 is 0 Å². The number of hydrogen-bond donors (Lipinski definition) is 1. The van der Waals surface area contributed by atoms with E-state index in [0.717, 1.165) is 6.42 Å². The summed E-state index contributed by atoms with van der Waals surface area (Å²) in [5.74, 6) is 0. The van der Waals surface area contributed by atoms with Gasteiger partial charge in [0, 0.05) is 0 Å². The fraction of sp³-hybridized carbons (Fsp3) is 1.00. The number of hydrogen-bond acceptors (Lipinski definition) is 3. The normalized spacial score (nSPS) is 41.7. The van der Waals surface area contributed by atoms with Crippen LogP contribution in [0.25, 0.3) is 0 Å². The first kappa shape index (κ1) is 7.98. The average molecular weight is 146 g/mol. The Morgan fingerprint density at radius 1 is 1.60 bits per heavy atom. The summed E-state index contributed by atoms with van der Waals surface area (Å²) in [5.41, 5.74) is 0. The van der Waals surface area contributed by atoms with Crippen LogP contribution in [-0.2, 0) is 9.47 Å². The minimum absolute atomic E-state index is 0.0845. The van der Waals surface area contributed by atoms with Gasteiger partial charge in [0.05, 0.1) is 12.7 Å². The molecule has 0 saturated carbocycles. The van der Waals surface area contributed by atoms with E-state index < -0.39 is 6.10 Å². The second-order valence-electron chi connectivity index (χ2n) is 2.58. The summed E-state index contributed by atoms with van der Waals surface area (Å²) < 4.78 is 10.4. The SMILES string of the molecule is CC[C@H]1OC[C@@H](O)[C@@H](C)O1. The molecule has 1 aliphatic heterocycles. The molecule has 1 fully saturated rings. The summed E-state index contributed by atoms with van der Waals surface area (Å²) >= 11 is 0. The van der Waals surface area contributed by atoms with Crippen molar-refractivity contribution in [1.82, 2.24) is 0 Å². The second-order valence-corrected chi connectivity index (χ2v) is 2.58. The lowest BCUT2D eigenvalue weighted by atomic mass is 10.2. The molecule has 0 unspecified atom stereocenters. The molecule has 1 aliphatic rings. The predicted octanol–water partition coefficient (Wildman–Crippen LogP) is 0.519. The smallest absolute Gasteiger partial charge is 0.157 e. The molecule has 3 atom stereocenters. The quantitative estimate of drug-likeness (QED) is 0.586. The molecule has 10 heavy (non-hydrogen) atoms. The largest absolute Gasteiger partial charge is 0.388 e. The van der Waals surface area contributed by atoms with Gasteiger partial charge in [-0.05, 0) is 13.3 Å². The highest BCUT2D eigenvalue weighted by Crippen LogP contribution is 2.14. The summed E-state index contributed by atoms with van der Waals surface area (Å²) in [6.45, 7) is 4.25. The third-order valence-corrected chi connectivity index (χ3v) is 1.69. The Morgan fingerprint density at radius 3 is 2.80 bits per heavy atom. The van der Waals surface area contributed by atoms with Gasteiger partial charge in [-0.3, -0.25) is 0 Å². The Bertz CT molecular complexity index is 105. The first-order valence-corrected chi connectivity index (χ1v) is 3.69. The van der Waals surface area contributed by atoms with Gasteiger partial charge in [0.15, 0.2) is 6.29 Å². The Balaban J connectivity index is 2.33. The molecule has 0 aromatic rings. The number of rotatable bonds is 1. The van der Waals surface area contributed by atoms with Crippen molar-refractivity contribution >= 4 is 0 Å². The predicted molar refractivity (Wildman–Crippen MR) is 36.6 cm³/mol. The van der Waals surface area contributed by atoms with E-state index in [4.69, 9.17) is 14.6 Å². The molecule has 3 nitrogen and oxygen atoms in total. The van der Waals surface area contributed by atoms with Crippen LogP contribution in [0, 0.1) is 0 Å². The maximum atomic E-state index is 9.14. The summed E-state index contributed by atoms with van der Waals surface area (Å²) in [6.07, 6.45) is 0.191. The third kappa shape index (κ3) is 1.68. The van der Waals surface area contributed by atoms with Crippen LogP contribution in [0.15, 0.2) is 0 Å².